The monoisotopic (exact) mass is 432 g/mol. The Balaban J connectivity index is 1.38. The second kappa shape index (κ2) is 8.76. The molecule has 2 aromatic carbocycles. The number of benzene rings is 2. The number of nitrogens with zero attached hydrogens (tertiary/aromatic N) is 1. The summed E-state index contributed by atoms with van der Waals surface area (Å²) < 4.78 is 0. The molecule has 0 unspecified atom stereocenters. The maximum atomic E-state index is 12.8. The SMILES string of the molecule is O=C(NC1CC1)[C@H]1C[C@@H](NCc2cccc(O)c2)[C@H](c2cnc(-c3ccccc3)[nH]2)[C@@H]1O. The molecule has 1 heterocycles. The summed E-state index contributed by atoms with van der Waals surface area (Å²) in [4.78, 5) is 20.7. The van der Waals surface area contributed by atoms with E-state index in [0.29, 0.717) is 13.0 Å². The second-order valence-electron chi connectivity index (χ2n) is 8.85. The van der Waals surface area contributed by atoms with E-state index in [9.17, 15) is 15.0 Å². The molecule has 32 heavy (non-hydrogen) atoms. The molecule has 4 atom stereocenters. The number of hydrogen-bond acceptors (Lipinski definition) is 5. The zero-order valence-electron chi connectivity index (χ0n) is 17.7. The van der Waals surface area contributed by atoms with Crippen molar-refractivity contribution in [3.05, 3.63) is 72.1 Å². The minimum Gasteiger partial charge on any atom is -0.508 e. The number of amides is 1. The number of rotatable bonds is 7. The molecule has 2 aliphatic rings. The topological polar surface area (TPSA) is 110 Å². The van der Waals surface area contributed by atoms with Crippen LogP contribution in [0.15, 0.2) is 60.8 Å². The lowest BCUT2D eigenvalue weighted by Crippen LogP contribution is -2.37. The Morgan fingerprint density at radius 2 is 1.94 bits per heavy atom. The molecule has 7 heteroatoms. The van der Waals surface area contributed by atoms with E-state index in [1.165, 1.54) is 0 Å². The van der Waals surface area contributed by atoms with Gasteiger partial charge in [-0.25, -0.2) is 4.98 Å². The van der Waals surface area contributed by atoms with Crippen molar-refractivity contribution in [2.75, 3.05) is 0 Å². The lowest BCUT2D eigenvalue weighted by atomic mass is 9.96. The molecule has 0 saturated heterocycles. The highest BCUT2D eigenvalue weighted by Gasteiger charge is 2.47. The van der Waals surface area contributed by atoms with Crippen LogP contribution < -0.4 is 10.6 Å². The third-order valence-electron chi connectivity index (χ3n) is 6.46. The van der Waals surface area contributed by atoms with Gasteiger partial charge in [-0.15, -0.1) is 0 Å². The van der Waals surface area contributed by atoms with Crippen molar-refractivity contribution >= 4 is 5.91 Å². The lowest BCUT2D eigenvalue weighted by molar-refractivity contribution is -0.127. The number of hydrogen-bond donors (Lipinski definition) is 5. The van der Waals surface area contributed by atoms with Crippen molar-refractivity contribution in [1.29, 1.82) is 0 Å². The number of phenolic OH excluding ortho intramolecular Hbond substituents is 1. The standard InChI is InChI=1S/C25H28N4O3/c30-18-8-4-5-15(11-18)13-26-20-12-19(25(32)28-17-9-10-17)23(31)22(20)21-14-27-24(29-21)16-6-2-1-3-7-16/h1-8,11,14,17,19-20,22-23,26,30-31H,9-10,12-13H2,(H,27,29)(H,28,32)/t19-,20+,22+,23+/m0/s1. The van der Waals surface area contributed by atoms with Gasteiger partial charge in [-0.05, 0) is 37.0 Å². The van der Waals surface area contributed by atoms with Crippen molar-refractivity contribution in [3.8, 4) is 17.1 Å². The molecule has 3 aromatic rings. The maximum absolute atomic E-state index is 12.8. The average molecular weight is 433 g/mol. The number of aromatic nitrogens is 2. The van der Waals surface area contributed by atoms with Crippen LogP contribution in [-0.4, -0.2) is 44.3 Å². The molecule has 2 fully saturated rings. The Labute approximate surface area is 186 Å². The van der Waals surface area contributed by atoms with E-state index >= 15 is 0 Å². The molecular formula is C25H28N4O3. The number of aliphatic hydroxyl groups is 1. The summed E-state index contributed by atoms with van der Waals surface area (Å²) in [6.45, 7) is 0.527. The predicted octanol–water partition coefficient (Wildman–Crippen LogP) is 2.68. The van der Waals surface area contributed by atoms with Crippen LogP contribution in [0.1, 0.15) is 36.4 Å². The van der Waals surface area contributed by atoms with Crippen LogP contribution in [0.25, 0.3) is 11.4 Å². The van der Waals surface area contributed by atoms with Gasteiger partial charge in [0.25, 0.3) is 0 Å². The third kappa shape index (κ3) is 4.40. The molecule has 5 rings (SSSR count). The number of carbonyl (C=O) groups is 1. The quantitative estimate of drug-likeness (QED) is 0.394. The highest BCUT2D eigenvalue weighted by Crippen LogP contribution is 2.40. The summed E-state index contributed by atoms with van der Waals surface area (Å²) in [6, 6.07) is 17.1. The van der Waals surface area contributed by atoms with Crippen LogP contribution in [0.3, 0.4) is 0 Å². The van der Waals surface area contributed by atoms with Gasteiger partial charge in [0, 0.05) is 42.0 Å². The molecule has 5 N–H and O–H groups in total. The van der Waals surface area contributed by atoms with Crippen molar-refractivity contribution in [1.82, 2.24) is 20.6 Å². The first-order valence-electron chi connectivity index (χ1n) is 11.2. The normalized spacial score (nSPS) is 25.0. The van der Waals surface area contributed by atoms with Crippen molar-refractivity contribution in [3.63, 3.8) is 0 Å². The molecule has 0 radical (unpaired) electrons. The summed E-state index contributed by atoms with van der Waals surface area (Å²) in [5.74, 6) is 0.105. The smallest absolute Gasteiger partial charge is 0.226 e. The average Bonchev–Trinajstić information content (AvgIpc) is 3.36. The lowest BCUT2D eigenvalue weighted by Gasteiger charge is -2.22. The molecule has 2 saturated carbocycles. The number of aliphatic hydroxyl groups excluding tert-OH is 1. The summed E-state index contributed by atoms with van der Waals surface area (Å²) in [5.41, 5.74) is 2.73. The van der Waals surface area contributed by atoms with Gasteiger partial charge in [0.05, 0.1) is 12.0 Å². The molecule has 0 bridgehead atoms. The largest absolute Gasteiger partial charge is 0.508 e. The number of aromatic amines is 1. The van der Waals surface area contributed by atoms with E-state index in [4.69, 9.17) is 0 Å². The Kier molecular flexibility index (Phi) is 5.68. The molecule has 0 spiro atoms. The van der Waals surface area contributed by atoms with Crippen LogP contribution in [-0.2, 0) is 11.3 Å². The Morgan fingerprint density at radius 3 is 2.69 bits per heavy atom. The number of phenols is 1. The van der Waals surface area contributed by atoms with Gasteiger partial charge in [-0.3, -0.25) is 4.79 Å². The summed E-state index contributed by atoms with van der Waals surface area (Å²) in [7, 11) is 0. The summed E-state index contributed by atoms with van der Waals surface area (Å²) in [6.07, 6.45) is 3.50. The fourth-order valence-corrected chi connectivity index (χ4v) is 4.62. The number of carbonyl (C=O) groups excluding carboxylic acids is 1. The van der Waals surface area contributed by atoms with Gasteiger partial charge in [0.15, 0.2) is 0 Å². The van der Waals surface area contributed by atoms with E-state index in [2.05, 4.69) is 20.6 Å². The Bertz CT molecular complexity index is 1080. The van der Waals surface area contributed by atoms with E-state index in [0.717, 1.165) is 35.5 Å². The first kappa shape index (κ1) is 20.7. The Hall–Kier alpha value is -3.16. The van der Waals surface area contributed by atoms with E-state index in [1.807, 2.05) is 36.4 Å². The zero-order valence-corrected chi connectivity index (χ0v) is 17.7. The molecule has 7 nitrogen and oxygen atoms in total. The molecule has 0 aliphatic heterocycles. The first-order valence-corrected chi connectivity index (χ1v) is 11.2. The minimum atomic E-state index is -0.820. The van der Waals surface area contributed by atoms with Crippen LogP contribution in [0, 0.1) is 5.92 Å². The van der Waals surface area contributed by atoms with Gasteiger partial charge in [-0.1, -0.05) is 42.5 Å². The highest BCUT2D eigenvalue weighted by atomic mass is 16.3. The van der Waals surface area contributed by atoms with Crippen LogP contribution >= 0.6 is 0 Å². The van der Waals surface area contributed by atoms with Crippen molar-refractivity contribution < 1.29 is 15.0 Å². The van der Waals surface area contributed by atoms with Crippen molar-refractivity contribution in [2.24, 2.45) is 5.92 Å². The predicted molar refractivity (Wildman–Crippen MR) is 121 cm³/mol. The van der Waals surface area contributed by atoms with Crippen molar-refractivity contribution in [2.45, 2.75) is 49.9 Å². The Morgan fingerprint density at radius 1 is 1.12 bits per heavy atom. The minimum absolute atomic E-state index is 0.0746. The van der Waals surface area contributed by atoms with Crippen LogP contribution in [0.5, 0.6) is 5.75 Å². The van der Waals surface area contributed by atoms with Gasteiger partial charge in [0.1, 0.15) is 11.6 Å². The molecule has 166 valence electrons. The summed E-state index contributed by atoms with van der Waals surface area (Å²) >= 11 is 0. The fraction of sp³-hybridized carbons (Fsp3) is 0.360. The third-order valence-corrected chi connectivity index (χ3v) is 6.46. The molecule has 1 aromatic heterocycles. The number of imidazole rings is 1. The maximum Gasteiger partial charge on any atom is 0.226 e. The molecular weight excluding hydrogens is 404 g/mol. The van der Waals surface area contributed by atoms with E-state index in [1.54, 1.807) is 24.4 Å². The zero-order chi connectivity index (χ0) is 22.1. The fourth-order valence-electron chi connectivity index (χ4n) is 4.62. The first-order chi connectivity index (χ1) is 15.6. The molecule has 2 aliphatic carbocycles. The highest BCUT2D eigenvalue weighted by molar-refractivity contribution is 5.80. The van der Waals surface area contributed by atoms with Gasteiger partial charge in [-0.2, -0.15) is 0 Å². The number of nitrogens with one attached hydrogen (secondary N) is 3. The second-order valence-corrected chi connectivity index (χ2v) is 8.85. The van der Waals surface area contributed by atoms with Gasteiger partial charge >= 0.3 is 0 Å². The van der Waals surface area contributed by atoms with Gasteiger partial charge in [0.2, 0.25) is 5.91 Å². The number of H-pyrrole nitrogens is 1. The number of aromatic hydroxyl groups is 1. The van der Waals surface area contributed by atoms with Crippen LogP contribution in [0.4, 0.5) is 0 Å². The van der Waals surface area contributed by atoms with E-state index < -0.39 is 12.0 Å². The van der Waals surface area contributed by atoms with E-state index in [-0.39, 0.29) is 29.7 Å². The van der Waals surface area contributed by atoms with Gasteiger partial charge < -0.3 is 25.8 Å². The summed E-state index contributed by atoms with van der Waals surface area (Å²) in [5, 5.41) is 27.5. The van der Waals surface area contributed by atoms with Crippen LogP contribution in [0.2, 0.25) is 0 Å². The molecule has 1 amide bonds.